The van der Waals surface area contributed by atoms with Crippen LogP contribution >= 0.6 is 0 Å². The number of hydrazine groups is 1. The average Bonchev–Trinajstić information content (AvgIpc) is 2.69. The monoisotopic (exact) mass is 417 g/mol. The van der Waals surface area contributed by atoms with Crippen molar-refractivity contribution in [2.24, 2.45) is 0 Å². The SMILES string of the molecule is CC(C)(C)OC(=O)NCc1ccc(C(=O)NNC(=O)COc2ccc(F)cc2)cc1. The minimum Gasteiger partial charge on any atom is -0.484 e. The molecule has 3 amide bonds. The number of hydrogen-bond donors (Lipinski definition) is 3. The summed E-state index contributed by atoms with van der Waals surface area (Å²) < 4.78 is 23.1. The summed E-state index contributed by atoms with van der Waals surface area (Å²) in [5.74, 6) is -1.18. The zero-order chi connectivity index (χ0) is 22.1. The molecule has 3 N–H and O–H groups in total. The molecule has 9 heteroatoms. The van der Waals surface area contributed by atoms with Gasteiger partial charge >= 0.3 is 6.09 Å². The van der Waals surface area contributed by atoms with E-state index < -0.39 is 29.3 Å². The molecule has 0 heterocycles. The molecular formula is C21H24FN3O5. The average molecular weight is 417 g/mol. The number of hydrogen-bond acceptors (Lipinski definition) is 5. The van der Waals surface area contributed by atoms with Crippen LogP contribution < -0.4 is 20.9 Å². The molecule has 8 nitrogen and oxygen atoms in total. The fraction of sp³-hybridized carbons (Fsp3) is 0.286. The van der Waals surface area contributed by atoms with E-state index in [1.165, 1.54) is 24.3 Å². The first-order chi connectivity index (χ1) is 14.1. The number of alkyl carbamates (subject to hydrolysis) is 1. The van der Waals surface area contributed by atoms with Crippen molar-refractivity contribution in [1.29, 1.82) is 0 Å². The van der Waals surface area contributed by atoms with Gasteiger partial charge in [-0.05, 0) is 62.7 Å². The number of nitrogens with one attached hydrogen (secondary N) is 3. The molecule has 160 valence electrons. The summed E-state index contributed by atoms with van der Waals surface area (Å²) >= 11 is 0. The van der Waals surface area contributed by atoms with Gasteiger partial charge in [0.1, 0.15) is 17.2 Å². The van der Waals surface area contributed by atoms with Crippen molar-refractivity contribution in [2.75, 3.05) is 6.61 Å². The van der Waals surface area contributed by atoms with Crippen molar-refractivity contribution < 1.29 is 28.2 Å². The molecule has 0 unspecified atom stereocenters. The quantitative estimate of drug-likeness (QED) is 0.627. The molecule has 2 aromatic carbocycles. The topological polar surface area (TPSA) is 106 Å². The fourth-order valence-electron chi connectivity index (χ4n) is 2.18. The van der Waals surface area contributed by atoms with Crippen LogP contribution in [-0.4, -0.2) is 30.1 Å². The van der Waals surface area contributed by atoms with Gasteiger partial charge in [-0.2, -0.15) is 0 Å². The van der Waals surface area contributed by atoms with Crippen LogP contribution in [0.4, 0.5) is 9.18 Å². The number of amides is 3. The maximum absolute atomic E-state index is 12.8. The van der Waals surface area contributed by atoms with Crippen LogP contribution in [0.3, 0.4) is 0 Å². The van der Waals surface area contributed by atoms with Crippen molar-refractivity contribution in [3.05, 3.63) is 65.5 Å². The first-order valence-corrected chi connectivity index (χ1v) is 9.16. The van der Waals surface area contributed by atoms with E-state index in [4.69, 9.17) is 9.47 Å². The van der Waals surface area contributed by atoms with Crippen LogP contribution in [0.1, 0.15) is 36.7 Å². The van der Waals surface area contributed by atoms with Crippen molar-refractivity contribution in [1.82, 2.24) is 16.2 Å². The molecule has 0 spiro atoms. The zero-order valence-electron chi connectivity index (χ0n) is 17.0. The number of rotatable bonds is 6. The van der Waals surface area contributed by atoms with Crippen LogP contribution in [0.2, 0.25) is 0 Å². The number of halogens is 1. The zero-order valence-corrected chi connectivity index (χ0v) is 17.0. The lowest BCUT2D eigenvalue weighted by Gasteiger charge is -2.19. The van der Waals surface area contributed by atoms with Gasteiger partial charge < -0.3 is 14.8 Å². The van der Waals surface area contributed by atoms with Gasteiger partial charge in [-0.1, -0.05) is 12.1 Å². The standard InChI is InChI=1S/C21H24FN3O5/c1-21(2,3)30-20(28)23-12-14-4-6-15(7-5-14)19(27)25-24-18(26)13-29-17-10-8-16(22)9-11-17/h4-11H,12-13H2,1-3H3,(H,23,28)(H,24,26)(H,25,27). The highest BCUT2D eigenvalue weighted by atomic mass is 19.1. The van der Waals surface area contributed by atoms with E-state index in [0.29, 0.717) is 11.3 Å². The van der Waals surface area contributed by atoms with Crippen LogP contribution in [0.15, 0.2) is 48.5 Å². The smallest absolute Gasteiger partial charge is 0.407 e. The molecule has 0 atom stereocenters. The van der Waals surface area contributed by atoms with Gasteiger partial charge in [-0.25, -0.2) is 9.18 Å². The molecule has 2 rings (SSSR count). The summed E-state index contributed by atoms with van der Waals surface area (Å²) in [6.45, 7) is 5.21. The van der Waals surface area contributed by atoms with Crippen LogP contribution in [0.25, 0.3) is 0 Å². The molecule has 2 aromatic rings. The first-order valence-electron chi connectivity index (χ1n) is 9.16. The summed E-state index contributed by atoms with van der Waals surface area (Å²) in [7, 11) is 0. The summed E-state index contributed by atoms with van der Waals surface area (Å²) in [5, 5.41) is 2.62. The molecule has 0 bridgehead atoms. The summed E-state index contributed by atoms with van der Waals surface area (Å²) in [4.78, 5) is 35.5. The van der Waals surface area contributed by atoms with E-state index in [-0.39, 0.29) is 13.2 Å². The lowest BCUT2D eigenvalue weighted by molar-refractivity contribution is -0.123. The molecule has 0 aliphatic heterocycles. The Kier molecular flexibility index (Phi) is 7.74. The van der Waals surface area contributed by atoms with Gasteiger partial charge in [-0.15, -0.1) is 0 Å². The predicted molar refractivity (Wildman–Crippen MR) is 107 cm³/mol. The highest BCUT2D eigenvalue weighted by Crippen LogP contribution is 2.11. The summed E-state index contributed by atoms with van der Waals surface area (Å²) in [6.07, 6.45) is -0.533. The Balaban J connectivity index is 1.74. The van der Waals surface area contributed by atoms with Gasteiger partial charge in [0.05, 0.1) is 0 Å². The second kappa shape index (κ2) is 10.2. The maximum Gasteiger partial charge on any atom is 0.407 e. The number of ether oxygens (including phenoxy) is 2. The predicted octanol–water partition coefficient (Wildman–Crippen LogP) is 2.69. The van der Waals surface area contributed by atoms with Gasteiger partial charge in [0.2, 0.25) is 0 Å². The molecule has 0 saturated carbocycles. The van der Waals surface area contributed by atoms with Crippen molar-refractivity contribution in [2.45, 2.75) is 32.9 Å². The molecular weight excluding hydrogens is 393 g/mol. The Bertz CT molecular complexity index is 877. The molecule has 0 aromatic heterocycles. The Morgan fingerprint density at radius 3 is 2.17 bits per heavy atom. The van der Waals surface area contributed by atoms with E-state index in [2.05, 4.69) is 16.2 Å². The normalized spacial score (nSPS) is 10.7. The third-order valence-corrected chi connectivity index (χ3v) is 3.55. The third kappa shape index (κ3) is 8.17. The van der Waals surface area contributed by atoms with Gasteiger partial charge in [0.25, 0.3) is 11.8 Å². The summed E-state index contributed by atoms with van der Waals surface area (Å²) in [5.41, 5.74) is 5.00. The minimum absolute atomic E-state index is 0.244. The summed E-state index contributed by atoms with van der Waals surface area (Å²) in [6, 6.07) is 11.7. The molecule has 0 saturated heterocycles. The van der Waals surface area contributed by atoms with Gasteiger partial charge in [0.15, 0.2) is 6.61 Å². The Morgan fingerprint density at radius 1 is 0.933 bits per heavy atom. The lowest BCUT2D eigenvalue weighted by atomic mass is 10.1. The van der Waals surface area contributed by atoms with Crippen LogP contribution in [0.5, 0.6) is 5.75 Å². The largest absolute Gasteiger partial charge is 0.484 e. The van der Waals surface area contributed by atoms with E-state index in [0.717, 1.165) is 5.56 Å². The van der Waals surface area contributed by atoms with Crippen molar-refractivity contribution in [3.8, 4) is 5.75 Å². The van der Waals surface area contributed by atoms with E-state index in [9.17, 15) is 18.8 Å². The third-order valence-electron chi connectivity index (χ3n) is 3.55. The lowest BCUT2D eigenvalue weighted by Crippen LogP contribution is -2.43. The number of carbonyl (C=O) groups excluding carboxylic acids is 3. The molecule has 0 radical (unpaired) electrons. The van der Waals surface area contributed by atoms with Crippen LogP contribution in [-0.2, 0) is 16.1 Å². The highest BCUT2D eigenvalue weighted by molar-refractivity contribution is 5.95. The second-order valence-corrected chi connectivity index (χ2v) is 7.30. The highest BCUT2D eigenvalue weighted by Gasteiger charge is 2.15. The van der Waals surface area contributed by atoms with E-state index in [1.54, 1.807) is 45.0 Å². The molecule has 0 aliphatic rings. The van der Waals surface area contributed by atoms with Crippen molar-refractivity contribution >= 4 is 17.9 Å². The Hall–Kier alpha value is -3.62. The fourth-order valence-corrected chi connectivity index (χ4v) is 2.18. The minimum atomic E-state index is -0.583. The second-order valence-electron chi connectivity index (χ2n) is 7.30. The Morgan fingerprint density at radius 2 is 1.57 bits per heavy atom. The van der Waals surface area contributed by atoms with Gasteiger partial charge in [0, 0.05) is 12.1 Å². The van der Waals surface area contributed by atoms with Gasteiger partial charge in [-0.3, -0.25) is 20.4 Å². The maximum atomic E-state index is 12.8. The molecule has 30 heavy (non-hydrogen) atoms. The molecule has 0 fully saturated rings. The Labute approximate surface area is 173 Å². The van der Waals surface area contributed by atoms with Crippen LogP contribution in [0, 0.1) is 5.82 Å². The van der Waals surface area contributed by atoms with Crippen molar-refractivity contribution in [3.63, 3.8) is 0 Å². The number of carbonyl (C=O) groups is 3. The number of benzene rings is 2. The van der Waals surface area contributed by atoms with E-state index in [1.807, 2.05) is 0 Å². The van der Waals surface area contributed by atoms with E-state index >= 15 is 0 Å². The molecule has 0 aliphatic carbocycles. The first kappa shape index (κ1) is 22.7.